The Balaban J connectivity index is 2.36. The van der Waals surface area contributed by atoms with E-state index in [1.165, 1.54) is 6.07 Å². The summed E-state index contributed by atoms with van der Waals surface area (Å²) >= 11 is 0. The molecule has 2 N–H and O–H groups in total. The first kappa shape index (κ1) is 16.3. The normalized spacial score (nSPS) is 24.9. The Labute approximate surface area is 122 Å². The van der Waals surface area contributed by atoms with Crippen molar-refractivity contribution in [1.29, 1.82) is 0 Å². The smallest absolute Gasteiger partial charge is 0.324 e. The second kappa shape index (κ2) is 5.95. The molecule has 0 saturated heterocycles. The van der Waals surface area contributed by atoms with Gasteiger partial charge in [0, 0.05) is 11.6 Å². The maximum atomic E-state index is 14.2. The first-order valence-corrected chi connectivity index (χ1v) is 7.30. The highest BCUT2D eigenvalue weighted by atomic mass is 19.4. The zero-order valence-corrected chi connectivity index (χ0v) is 12.3. The average molecular weight is 303 g/mol. The summed E-state index contributed by atoms with van der Waals surface area (Å²) in [7, 11) is 0. The molecule has 1 aliphatic carbocycles. The number of hydrogen-bond acceptors (Lipinski definition) is 1. The lowest BCUT2D eigenvalue weighted by molar-refractivity contribution is -0.198. The molecule has 3 atom stereocenters. The van der Waals surface area contributed by atoms with Crippen molar-refractivity contribution in [1.82, 2.24) is 0 Å². The molecule has 1 aromatic carbocycles. The van der Waals surface area contributed by atoms with Crippen LogP contribution < -0.4 is 5.73 Å². The molecule has 1 saturated carbocycles. The zero-order valence-electron chi connectivity index (χ0n) is 12.3. The van der Waals surface area contributed by atoms with Crippen molar-refractivity contribution in [3.8, 4) is 0 Å². The molecule has 2 rings (SSSR count). The van der Waals surface area contributed by atoms with Crippen molar-refractivity contribution in [3.63, 3.8) is 0 Å². The first-order chi connectivity index (χ1) is 9.71. The van der Waals surface area contributed by atoms with E-state index < -0.39 is 29.9 Å². The molecule has 118 valence electrons. The third kappa shape index (κ3) is 3.39. The van der Waals surface area contributed by atoms with Gasteiger partial charge in [0.1, 0.15) is 5.82 Å². The summed E-state index contributed by atoms with van der Waals surface area (Å²) in [6, 6.07) is 2.20. The SMILES string of the molecule is Cc1cc(C)c(C(N)C2CCCCC2C(F)(F)F)c(F)c1. The number of hydrogen-bond donors (Lipinski definition) is 1. The molecule has 0 spiro atoms. The summed E-state index contributed by atoms with van der Waals surface area (Å²) in [5.74, 6) is -2.66. The summed E-state index contributed by atoms with van der Waals surface area (Å²) in [6.45, 7) is 3.46. The van der Waals surface area contributed by atoms with Gasteiger partial charge in [-0.2, -0.15) is 13.2 Å². The van der Waals surface area contributed by atoms with Gasteiger partial charge < -0.3 is 5.73 Å². The summed E-state index contributed by atoms with van der Waals surface area (Å²) in [5, 5.41) is 0. The molecule has 0 amide bonds. The van der Waals surface area contributed by atoms with Crippen LogP contribution in [0.4, 0.5) is 17.6 Å². The second-order valence-corrected chi connectivity index (χ2v) is 6.10. The molecule has 5 heteroatoms. The lowest BCUT2D eigenvalue weighted by atomic mass is 9.72. The molecular weight excluding hydrogens is 282 g/mol. The molecular formula is C16H21F4N. The fourth-order valence-electron chi connectivity index (χ4n) is 3.56. The summed E-state index contributed by atoms with van der Waals surface area (Å²) < 4.78 is 53.7. The van der Waals surface area contributed by atoms with E-state index in [1.54, 1.807) is 19.9 Å². The van der Waals surface area contributed by atoms with E-state index in [2.05, 4.69) is 0 Å². The van der Waals surface area contributed by atoms with Gasteiger partial charge >= 0.3 is 6.18 Å². The van der Waals surface area contributed by atoms with Crippen LogP contribution in [0.25, 0.3) is 0 Å². The largest absolute Gasteiger partial charge is 0.392 e. The number of aryl methyl sites for hydroxylation is 2. The Kier molecular flexibility index (Phi) is 4.61. The number of nitrogens with two attached hydrogens (primary N) is 1. The second-order valence-electron chi connectivity index (χ2n) is 6.10. The monoisotopic (exact) mass is 303 g/mol. The molecule has 0 heterocycles. The predicted molar refractivity (Wildman–Crippen MR) is 74.3 cm³/mol. The summed E-state index contributed by atoms with van der Waals surface area (Å²) in [6.07, 6.45) is -2.50. The van der Waals surface area contributed by atoms with Gasteiger partial charge in [-0.05, 0) is 49.8 Å². The predicted octanol–water partition coefficient (Wildman–Crippen LogP) is 4.81. The van der Waals surface area contributed by atoms with Gasteiger partial charge in [-0.1, -0.05) is 18.9 Å². The van der Waals surface area contributed by atoms with Crippen LogP contribution in [0, 0.1) is 31.5 Å². The van der Waals surface area contributed by atoms with E-state index in [4.69, 9.17) is 5.73 Å². The molecule has 0 radical (unpaired) electrons. The van der Waals surface area contributed by atoms with Crippen LogP contribution in [0.5, 0.6) is 0 Å². The molecule has 1 aromatic rings. The van der Waals surface area contributed by atoms with Crippen LogP contribution in [0.15, 0.2) is 12.1 Å². The average Bonchev–Trinajstić information content (AvgIpc) is 2.36. The van der Waals surface area contributed by atoms with Crippen molar-refractivity contribution >= 4 is 0 Å². The van der Waals surface area contributed by atoms with E-state index in [1.807, 2.05) is 0 Å². The zero-order chi connectivity index (χ0) is 15.8. The van der Waals surface area contributed by atoms with Crippen LogP contribution in [-0.2, 0) is 0 Å². The Bertz CT molecular complexity index is 486. The highest BCUT2D eigenvalue weighted by Crippen LogP contribution is 2.46. The maximum absolute atomic E-state index is 14.2. The van der Waals surface area contributed by atoms with Crippen LogP contribution in [0.1, 0.15) is 48.4 Å². The maximum Gasteiger partial charge on any atom is 0.392 e. The Morgan fingerprint density at radius 1 is 1.14 bits per heavy atom. The van der Waals surface area contributed by atoms with Gasteiger partial charge in [0.2, 0.25) is 0 Å². The number of halogens is 4. The highest BCUT2D eigenvalue weighted by molar-refractivity contribution is 5.34. The van der Waals surface area contributed by atoms with E-state index in [0.717, 1.165) is 12.0 Å². The minimum Gasteiger partial charge on any atom is -0.324 e. The summed E-state index contributed by atoms with van der Waals surface area (Å²) in [5.41, 5.74) is 7.68. The number of alkyl halides is 3. The minimum atomic E-state index is -4.27. The Morgan fingerprint density at radius 3 is 2.33 bits per heavy atom. The minimum absolute atomic E-state index is 0.0917. The topological polar surface area (TPSA) is 26.0 Å². The lowest BCUT2D eigenvalue weighted by Gasteiger charge is -2.37. The molecule has 1 nitrogen and oxygen atoms in total. The molecule has 21 heavy (non-hydrogen) atoms. The number of benzene rings is 1. The van der Waals surface area contributed by atoms with Gasteiger partial charge in [-0.25, -0.2) is 4.39 Å². The highest BCUT2D eigenvalue weighted by Gasteiger charge is 2.47. The standard InChI is InChI=1S/C16H21F4N/c1-9-7-10(2)14(13(17)8-9)15(21)11-5-3-4-6-12(11)16(18,19)20/h7-8,11-12,15H,3-6,21H2,1-2H3. The van der Waals surface area contributed by atoms with Gasteiger partial charge in [-0.15, -0.1) is 0 Å². The lowest BCUT2D eigenvalue weighted by Crippen LogP contribution is -2.39. The molecule has 0 bridgehead atoms. The van der Waals surface area contributed by atoms with Gasteiger partial charge in [0.25, 0.3) is 0 Å². The third-order valence-corrected chi connectivity index (χ3v) is 4.52. The van der Waals surface area contributed by atoms with Crippen LogP contribution in [-0.4, -0.2) is 6.18 Å². The molecule has 0 aliphatic heterocycles. The molecule has 1 aliphatic rings. The number of rotatable bonds is 2. The molecule has 0 aromatic heterocycles. The van der Waals surface area contributed by atoms with Crippen LogP contribution in [0.2, 0.25) is 0 Å². The van der Waals surface area contributed by atoms with Crippen molar-refractivity contribution in [2.24, 2.45) is 17.6 Å². The van der Waals surface area contributed by atoms with E-state index in [9.17, 15) is 17.6 Å². The first-order valence-electron chi connectivity index (χ1n) is 7.30. The van der Waals surface area contributed by atoms with E-state index in [-0.39, 0.29) is 12.0 Å². The van der Waals surface area contributed by atoms with Crippen molar-refractivity contribution in [2.75, 3.05) is 0 Å². The molecule has 3 unspecified atom stereocenters. The van der Waals surface area contributed by atoms with Gasteiger partial charge in [0.15, 0.2) is 0 Å². The van der Waals surface area contributed by atoms with Crippen molar-refractivity contribution in [2.45, 2.75) is 51.7 Å². The van der Waals surface area contributed by atoms with E-state index >= 15 is 0 Å². The van der Waals surface area contributed by atoms with Crippen LogP contribution in [0.3, 0.4) is 0 Å². The van der Waals surface area contributed by atoms with Gasteiger partial charge in [-0.3, -0.25) is 0 Å². The Hall–Kier alpha value is -1.10. The molecule has 1 fully saturated rings. The third-order valence-electron chi connectivity index (χ3n) is 4.52. The Morgan fingerprint density at radius 2 is 1.76 bits per heavy atom. The van der Waals surface area contributed by atoms with Gasteiger partial charge in [0.05, 0.1) is 5.92 Å². The van der Waals surface area contributed by atoms with E-state index in [0.29, 0.717) is 18.4 Å². The van der Waals surface area contributed by atoms with Crippen LogP contribution >= 0.6 is 0 Å². The van der Waals surface area contributed by atoms with Crippen molar-refractivity contribution < 1.29 is 17.6 Å². The summed E-state index contributed by atoms with van der Waals surface area (Å²) in [4.78, 5) is 0. The quantitative estimate of drug-likeness (QED) is 0.779. The fraction of sp³-hybridized carbons (Fsp3) is 0.625. The van der Waals surface area contributed by atoms with Crippen molar-refractivity contribution in [3.05, 3.63) is 34.6 Å². The fourth-order valence-corrected chi connectivity index (χ4v) is 3.56.